The van der Waals surface area contributed by atoms with Gasteiger partial charge in [-0.1, -0.05) is 19.3 Å². The molecule has 0 aromatic rings. The molecule has 58 valence electrons. The Bertz CT molecular complexity index is 91.8. The van der Waals surface area contributed by atoms with Crippen LogP contribution in [0.4, 0.5) is 0 Å². The van der Waals surface area contributed by atoms with Gasteiger partial charge in [0.25, 0.3) is 0 Å². The Labute approximate surface area is 66.6 Å². The third kappa shape index (κ3) is 3.88. The lowest BCUT2D eigenvalue weighted by atomic mass is 10.2. The first-order valence-electron chi connectivity index (χ1n) is 3.99. The van der Waals surface area contributed by atoms with Gasteiger partial charge in [0, 0.05) is 5.75 Å². The summed E-state index contributed by atoms with van der Waals surface area (Å²) in [7, 11) is 0. The summed E-state index contributed by atoms with van der Waals surface area (Å²) in [6.07, 6.45) is 6.63. The van der Waals surface area contributed by atoms with Gasteiger partial charge in [0.1, 0.15) is 0 Å². The molecule has 1 rings (SSSR count). The maximum atomic E-state index is 4.02. The van der Waals surface area contributed by atoms with E-state index in [9.17, 15) is 0 Å². The molecule has 0 radical (unpaired) electrons. The minimum Gasteiger partial charge on any atom is -0.182 e. The molecule has 1 aliphatic heterocycles. The summed E-state index contributed by atoms with van der Waals surface area (Å²) in [6.45, 7) is 0.938. The van der Waals surface area contributed by atoms with Crippen molar-refractivity contribution in [2.24, 2.45) is 9.63 Å². The van der Waals surface area contributed by atoms with Gasteiger partial charge < -0.3 is 0 Å². The third-order valence-corrected chi connectivity index (χ3v) is 2.31. The molecule has 1 aliphatic rings. The molecule has 0 saturated carbocycles. The van der Waals surface area contributed by atoms with Crippen LogP contribution < -0.4 is 0 Å². The Morgan fingerprint density at radius 1 is 0.900 bits per heavy atom. The Morgan fingerprint density at radius 3 is 2.70 bits per heavy atom. The average Bonchev–Trinajstić information content (AvgIpc) is 2.01. The molecule has 0 spiro atoms. The van der Waals surface area contributed by atoms with Crippen LogP contribution in [0.3, 0.4) is 0 Å². The second-order valence-electron chi connectivity index (χ2n) is 2.55. The van der Waals surface area contributed by atoms with Crippen molar-refractivity contribution in [2.75, 3.05) is 12.3 Å². The highest BCUT2D eigenvalue weighted by Gasteiger charge is 1.93. The zero-order chi connectivity index (χ0) is 7.07. The molecule has 0 N–H and O–H groups in total. The van der Waals surface area contributed by atoms with E-state index in [0.29, 0.717) is 0 Å². The van der Waals surface area contributed by atoms with Gasteiger partial charge in [-0.05, 0) is 24.8 Å². The fraction of sp³-hybridized carbons (Fsp3) is 1.00. The topological polar surface area (TPSA) is 24.7 Å². The van der Waals surface area contributed by atoms with Crippen LogP contribution in [0.2, 0.25) is 0 Å². The van der Waals surface area contributed by atoms with Crippen LogP contribution in [0.1, 0.15) is 32.1 Å². The largest absolute Gasteiger partial charge is 0.182 e. The van der Waals surface area contributed by atoms with Crippen LogP contribution in [-0.2, 0) is 0 Å². The molecule has 0 aliphatic carbocycles. The Kier molecular flexibility index (Phi) is 4.60. The SMILES string of the molecule is C1CCCN=NSCCC1. The molecule has 0 amide bonds. The van der Waals surface area contributed by atoms with Gasteiger partial charge in [-0.15, -0.1) is 4.52 Å². The van der Waals surface area contributed by atoms with Gasteiger partial charge in [0.2, 0.25) is 0 Å². The Balaban J connectivity index is 2.13. The minimum absolute atomic E-state index is 0.938. The monoisotopic (exact) mass is 158 g/mol. The fourth-order valence-electron chi connectivity index (χ4n) is 1.00. The van der Waals surface area contributed by atoms with Crippen LogP contribution in [0, 0.1) is 0 Å². The molecule has 0 atom stereocenters. The van der Waals surface area contributed by atoms with E-state index in [2.05, 4.69) is 9.63 Å². The molecule has 3 heteroatoms. The van der Waals surface area contributed by atoms with Gasteiger partial charge >= 0.3 is 0 Å². The van der Waals surface area contributed by atoms with Gasteiger partial charge in [0.05, 0.1) is 6.54 Å². The highest BCUT2D eigenvalue weighted by Crippen LogP contribution is 2.12. The van der Waals surface area contributed by atoms with Crippen LogP contribution in [-0.4, -0.2) is 12.3 Å². The fourth-order valence-corrected chi connectivity index (χ4v) is 1.58. The lowest BCUT2D eigenvalue weighted by Crippen LogP contribution is -1.85. The first kappa shape index (κ1) is 8.05. The lowest BCUT2D eigenvalue weighted by molar-refractivity contribution is 0.633. The van der Waals surface area contributed by atoms with Gasteiger partial charge in [-0.2, -0.15) is 5.11 Å². The van der Waals surface area contributed by atoms with Gasteiger partial charge in [0.15, 0.2) is 0 Å². The zero-order valence-corrected chi connectivity index (χ0v) is 7.07. The standard InChI is InChI=1S/C7H14N2S/c1-2-4-6-8-9-10-7-5-3-1/h1-7H2. The van der Waals surface area contributed by atoms with E-state index in [4.69, 9.17) is 0 Å². The summed E-state index contributed by atoms with van der Waals surface area (Å²) in [5.41, 5.74) is 0. The van der Waals surface area contributed by atoms with Crippen molar-refractivity contribution in [1.82, 2.24) is 0 Å². The second kappa shape index (κ2) is 5.71. The van der Waals surface area contributed by atoms with E-state index in [-0.39, 0.29) is 0 Å². The van der Waals surface area contributed by atoms with E-state index in [1.54, 1.807) is 11.9 Å². The summed E-state index contributed by atoms with van der Waals surface area (Å²) in [5, 5.41) is 4.02. The summed E-state index contributed by atoms with van der Waals surface area (Å²) < 4.78 is 3.97. The normalized spacial score (nSPS) is 22.4. The lowest BCUT2D eigenvalue weighted by Gasteiger charge is -2.00. The molecule has 1 heterocycles. The van der Waals surface area contributed by atoms with Crippen molar-refractivity contribution in [3.05, 3.63) is 0 Å². The van der Waals surface area contributed by atoms with Crippen molar-refractivity contribution < 1.29 is 0 Å². The summed E-state index contributed by atoms with van der Waals surface area (Å²) >= 11 is 1.61. The highest BCUT2D eigenvalue weighted by molar-refractivity contribution is 7.97. The second-order valence-corrected chi connectivity index (χ2v) is 3.38. The van der Waals surface area contributed by atoms with Gasteiger partial charge in [-0.25, -0.2) is 0 Å². The first-order valence-corrected chi connectivity index (χ1v) is 4.93. The molecule has 0 aromatic heterocycles. The molecule has 0 aromatic carbocycles. The van der Waals surface area contributed by atoms with Crippen LogP contribution in [0.25, 0.3) is 0 Å². The van der Waals surface area contributed by atoms with Gasteiger partial charge in [-0.3, -0.25) is 0 Å². The number of hydrogen-bond acceptors (Lipinski definition) is 3. The first-order chi connectivity index (χ1) is 5.00. The van der Waals surface area contributed by atoms with Crippen LogP contribution >= 0.6 is 11.9 Å². The van der Waals surface area contributed by atoms with E-state index in [1.807, 2.05) is 0 Å². The third-order valence-electron chi connectivity index (χ3n) is 1.61. The maximum absolute atomic E-state index is 4.02. The predicted octanol–water partition coefficient (Wildman–Crippen LogP) is 3.05. The molecule has 0 saturated heterocycles. The molecular formula is C7H14N2S. The van der Waals surface area contributed by atoms with E-state index in [0.717, 1.165) is 12.3 Å². The quantitative estimate of drug-likeness (QED) is 0.497. The van der Waals surface area contributed by atoms with Crippen molar-refractivity contribution in [3.63, 3.8) is 0 Å². The summed E-state index contributed by atoms with van der Waals surface area (Å²) in [4.78, 5) is 0. The van der Waals surface area contributed by atoms with Crippen molar-refractivity contribution in [1.29, 1.82) is 0 Å². The number of nitrogens with zero attached hydrogens (tertiary/aromatic N) is 2. The van der Waals surface area contributed by atoms with E-state index < -0.39 is 0 Å². The minimum atomic E-state index is 0.938. The molecule has 0 fully saturated rings. The maximum Gasteiger partial charge on any atom is 0.0609 e. The highest BCUT2D eigenvalue weighted by atomic mass is 32.2. The van der Waals surface area contributed by atoms with Crippen LogP contribution in [0.15, 0.2) is 9.63 Å². The Morgan fingerprint density at radius 2 is 1.70 bits per heavy atom. The Hall–Kier alpha value is -0.0500. The zero-order valence-electron chi connectivity index (χ0n) is 6.25. The summed E-state index contributed by atoms with van der Waals surface area (Å²) in [5.74, 6) is 1.16. The van der Waals surface area contributed by atoms with Crippen molar-refractivity contribution in [2.45, 2.75) is 32.1 Å². The number of rotatable bonds is 0. The molecule has 2 nitrogen and oxygen atoms in total. The number of hydrogen-bond donors (Lipinski definition) is 0. The smallest absolute Gasteiger partial charge is 0.0609 e. The van der Waals surface area contributed by atoms with Crippen LogP contribution in [0.5, 0.6) is 0 Å². The van der Waals surface area contributed by atoms with E-state index in [1.165, 1.54) is 32.1 Å². The average molecular weight is 158 g/mol. The van der Waals surface area contributed by atoms with Crippen molar-refractivity contribution in [3.8, 4) is 0 Å². The predicted molar refractivity (Wildman–Crippen MR) is 45.3 cm³/mol. The molecule has 0 bridgehead atoms. The molecule has 0 unspecified atom stereocenters. The molecular weight excluding hydrogens is 144 g/mol. The van der Waals surface area contributed by atoms with E-state index >= 15 is 0 Å². The summed E-state index contributed by atoms with van der Waals surface area (Å²) in [6, 6.07) is 0. The van der Waals surface area contributed by atoms with Crippen molar-refractivity contribution >= 4 is 11.9 Å². The molecule has 10 heavy (non-hydrogen) atoms.